The highest BCUT2D eigenvalue weighted by Crippen LogP contribution is 2.22. The smallest absolute Gasteiger partial charge is 0.379 e. The van der Waals surface area contributed by atoms with E-state index in [1.165, 1.54) is 7.11 Å². The normalized spacial score (nSPS) is 10.5. The van der Waals surface area contributed by atoms with Crippen molar-refractivity contribution in [1.82, 2.24) is 4.57 Å². The molecular formula is C13H13NO3. The molecule has 88 valence electrons. The summed E-state index contributed by atoms with van der Waals surface area (Å²) in [5.41, 5.74) is 2.35. The highest BCUT2D eigenvalue weighted by Gasteiger charge is 2.21. The fourth-order valence-electron chi connectivity index (χ4n) is 1.89. The molecule has 0 saturated carbocycles. The monoisotopic (exact) mass is 231 g/mol. The van der Waals surface area contributed by atoms with Gasteiger partial charge in [0.2, 0.25) is 0 Å². The Morgan fingerprint density at radius 3 is 2.65 bits per heavy atom. The maximum atomic E-state index is 11.8. The molecule has 0 aliphatic rings. The first-order chi connectivity index (χ1) is 8.04. The highest BCUT2D eigenvalue weighted by molar-refractivity contribution is 6.43. The van der Waals surface area contributed by atoms with Gasteiger partial charge in [0.1, 0.15) is 0 Å². The van der Waals surface area contributed by atoms with Crippen LogP contribution < -0.4 is 0 Å². The van der Waals surface area contributed by atoms with Gasteiger partial charge in [0.05, 0.1) is 12.7 Å². The van der Waals surface area contributed by atoms with Crippen LogP contribution in [-0.4, -0.2) is 23.4 Å². The van der Waals surface area contributed by atoms with Gasteiger partial charge in [-0.05, 0) is 19.1 Å². The van der Waals surface area contributed by atoms with Crippen LogP contribution in [0.5, 0.6) is 0 Å². The van der Waals surface area contributed by atoms with Crippen LogP contribution in [0.2, 0.25) is 0 Å². The molecule has 0 radical (unpaired) electrons. The molecule has 0 fully saturated rings. The average molecular weight is 231 g/mol. The molecule has 0 spiro atoms. The molecule has 1 aromatic carbocycles. The van der Waals surface area contributed by atoms with Gasteiger partial charge < -0.3 is 9.30 Å². The Kier molecular flexibility index (Phi) is 2.71. The second-order valence-corrected chi connectivity index (χ2v) is 3.99. The van der Waals surface area contributed by atoms with E-state index >= 15 is 0 Å². The molecule has 0 unspecified atom stereocenters. The van der Waals surface area contributed by atoms with Gasteiger partial charge in [-0.2, -0.15) is 0 Å². The zero-order chi connectivity index (χ0) is 12.6. The van der Waals surface area contributed by atoms with E-state index in [9.17, 15) is 9.59 Å². The average Bonchev–Trinajstić information content (AvgIpc) is 2.64. The van der Waals surface area contributed by atoms with Gasteiger partial charge in [0, 0.05) is 24.1 Å². The molecule has 0 amide bonds. The van der Waals surface area contributed by atoms with E-state index in [0.717, 1.165) is 16.5 Å². The van der Waals surface area contributed by atoms with Crippen molar-refractivity contribution in [3.63, 3.8) is 0 Å². The fraction of sp³-hybridized carbons (Fsp3) is 0.231. The molecule has 2 aromatic rings. The predicted octanol–water partition coefficient (Wildman–Crippen LogP) is 1.84. The second-order valence-electron chi connectivity index (χ2n) is 3.99. The summed E-state index contributed by atoms with van der Waals surface area (Å²) in [6.45, 7) is 1.94. The third-order valence-electron chi connectivity index (χ3n) is 2.76. The molecule has 0 N–H and O–H groups in total. The molecule has 2 rings (SSSR count). The SMILES string of the molecule is COC(=O)C(=O)c1cn(C)c2ccc(C)cc12. The minimum Gasteiger partial charge on any atom is -0.463 e. The third-order valence-corrected chi connectivity index (χ3v) is 2.76. The van der Waals surface area contributed by atoms with Crippen molar-refractivity contribution in [3.05, 3.63) is 35.5 Å². The summed E-state index contributed by atoms with van der Waals surface area (Å²) < 4.78 is 6.28. The molecule has 0 aliphatic heterocycles. The van der Waals surface area contributed by atoms with Crippen molar-refractivity contribution >= 4 is 22.7 Å². The maximum Gasteiger partial charge on any atom is 0.379 e. The fourth-order valence-corrected chi connectivity index (χ4v) is 1.89. The maximum absolute atomic E-state index is 11.8. The number of aryl methyl sites for hydroxylation is 2. The number of carbonyl (C=O) groups is 2. The Balaban J connectivity index is 2.66. The van der Waals surface area contributed by atoms with Crippen LogP contribution in [0.4, 0.5) is 0 Å². The van der Waals surface area contributed by atoms with E-state index in [2.05, 4.69) is 4.74 Å². The molecule has 0 saturated heterocycles. The highest BCUT2D eigenvalue weighted by atomic mass is 16.5. The standard InChI is InChI=1S/C13H13NO3/c1-8-4-5-11-9(6-8)10(7-14(11)2)12(15)13(16)17-3/h4-7H,1-3H3. The van der Waals surface area contributed by atoms with Crippen LogP contribution in [0.15, 0.2) is 24.4 Å². The minimum absolute atomic E-state index is 0.387. The molecule has 0 bridgehead atoms. The van der Waals surface area contributed by atoms with E-state index in [1.54, 1.807) is 6.20 Å². The topological polar surface area (TPSA) is 48.3 Å². The number of ether oxygens (including phenoxy) is 1. The second kappa shape index (κ2) is 4.05. The number of nitrogens with zero attached hydrogens (tertiary/aromatic N) is 1. The summed E-state index contributed by atoms with van der Waals surface area (Å²) >= 11 is 0. The van der Waals surface area contributed by atoms with Crippen molar-refractivity contribution in [2.45, 2.75) is 6.92 Å². The first-order valence-electron chi connectivity index (χ1n) is 5.23. The predicted molar refractivity (Wildman–Crippen MR) is 64.0 cm³/mol. The Morgan fingerprint density at radius 1 is 1.29 bits per heavy atom. The molecule has 0 atom stereocenters. The summed E-state index contributed by atoms with van der Waals surface area (Å²) in [5, 5.41) is 0.780. The lowest BCUT2D eigenvalue weighted by molar-refractivity contribution is -0.135. The first kappa shape index (κ1) is 11.4. The van der Waals surface area contributed by atoms with Crippen LogP contribution in [0, 0.1) is 6.92 Å². The lowest BCUT2D eigenvalue weighted by Crippen LogP contribution is -2.15. The van der Waals surface area contributed by atoms with Gasteiger partial charge >= 0.3 is 5.97 Å². The summed E-state index contributed by atoms with van der Waals surface area (Å²) in [6.07, 6.45) is 1.66. The number of esters is 1. The van der Waals surface area contributed by atoms with Gasteiger partial charge in [-0.3, -0.25) is 4.79 Å². The van der Waals surface area contributed by atoms with Crippen LogP contribution in [-0.2, 0) is 16.6 Å². The number of methoxy groups -OCH3 is 1. The van der Waals surface area contributed by atoms with Crippen molar-refractivity contribution in [3.8, 4) is 0 Å². The van der Waals surface area contributed by atoms with Crippen LogP contribution in [0.1, 0.15) is 15.9 Å². The molecule has 4 nitrogen and oxygen atoms in total. The quantitative estimate of drug-likeness (QED) is 0.450. The van der Waals surface area contributed by atoms with Crippen LogP contribution >= 0.6 is 0 Å². The van der Waals surface area contributed by atoms with Crippen molar-refractivity contribution in [2.24, 2.45) is 7.05 Å². The Bertz CT molecular complexity index is 610. The molecule has 4 heteroatoms. The third kappa shape index (κ3) is 1.82. The number of Topliss-reactive ketones (excluding diaryl/α,β-unsaturated/α-hetero) is 1. The van der Waals surface area contributed by atoms with E-state index < -0.39 is 11.8 Å². The van der Waals surface area contributed by atoms with Gasteiger partial charge in [-0.1, -0.05) is 11.6 Å². The summed E-state index contributed by atoms with van der Waals surface area (Å²) in [5.74, 6) is -1.44. The summed E-state index contributed by atoms with van der Waals surface area (Å²) in [6, 6.07) is 5.79. The Labute approximate surface area is 98.8 Å². The number of benzene rings is 1. The lowest BCUT2D eigenvalue weighted by atomic mass is 10.1. The number of ketones is 1. The molecular weight excluding hydrogens is 218 g/mol. The van der Waals surface area contributed by atoms with E-state index in [-0.39, 0.29) is 0 Å². The van der Waals surface area contributed by atoms with Crippen molar-refractivity contribution in [1.29, 1.82) is 0 Å². The molecule has 1 heterocycles. The number of hydrogen-bond acceptors (Lipinski definition) is 3. The van der Waals surface area contributed by atoms with E-state index in [4.69, 9.17) is 0 Å². The molecule has 17 heavy (non-hydrogen) atoms. The molecule has 1 aromatic heterocycles. The number of carbonyl (C=O) groups excluding carboxylic acids is 2. The van der Waals surface area contributed by atoms with Gasteiger partial charge in [0.25, 0.3) is 5.78 Å². The first-order valence-corrected chi connectivity index (χ1v) is 5.23. The van der Waals surface area contributed by atoms with Crippen LogP contribution in [0.25, 0.3) is 10.9 Å². The molecule has 0 aliphatic carbocycles. The zero-order valence-corrected chi connectivity index (χ0v) is 9.98. The van der Waals surface area contributed by atoms with Gasteiger partial charge in [0.15, 0.2) is 0 Å². The number of rotatable bonds is 2. The largest absolute Gasteiger partial charge is 0.463 e. The van der Waals surface area contributed by atoms with Crippen molar-refractivity contribution < 1.29 is 14.3 Å². The van der Waals surface area contributed by atoms with E-state index in [0.29, 0.717) is 5.56 Å². The number of hydrogen-bond donors (Lipinski definition) is 0. The van der Waals surface area contributed by atoms with Gasteiger partial charge in [-0.25, -0.2) is 4.79 Å². The van der Waals surface area contributed by atoms with Gasteiger partial charge in [-0.15, -0.1) is 0 Å². The van der Waals surface area contributed by atoms with Crippen molar-refractivity contribution in [2.75, 3.05) is 7.11 Å². The Morgan fingerprint density at radius 2 is 2.00 bits per heavy atom. The number of aromatic nitrogens is 1. The minimum atomic E-state index is -0.834. The Hall–Kier alpha value is -2.10. The van der Waals surface area contributed by atoms with Crippen LogP contribution in [0.3, 0.4) is 0 Å². The summed E-state index contributed by atoms with van der Waals surface area (Å²) in [4.78, 5) is 23.1. The lowest BCUT2D eigenvalue weighted by Gasteiger charge is -1.98. The zero-order valence-electron chi connectivity index (χ0n) is 9.98. The van der Waals surface area contributed by atoms with E-state index in [1.807, 2.05) is 36.7 Å². The number of fused-ring (bicyclic) bond motifs is 1. The summed E-state index contributed by atoms with van der Waals surface area (Å²) in [7, 11) is 3.04.